The first-order chi connectivity index (χ1) is 9.22. The fourth-order valence-corrected chi connectivity index (χ4v) is 2.20. The van der Waals surface area contributed by atoms with Gasteiger partial charge in [-0.2, -0.15) is 0 Å². The van der Waals surface area contributed by atoms with Gasteiger partial charge in [0.05, 0.1) is 12.8 Å². The Balaban J connectivity index is 2.09. The van der Waals surface area contributed by atoms with E-state index in [0.29, 0.717) is 12.5 Å². The van der Waals surface area contributed by atoms with Crippen molar-refractivity contribution < 1.29 is 9.47 Å². The Morgan fingerprint density at radius 2 is 2.05 bits per heavy atom. The van der Waals surface area contributed by atoms with Crippen LogP contribution in [0.25, 0.3) is 0 Å². The maximum absolute atomic E-state index is 5.82. The van der Waals surface area contributed by atoms with Crippen molar-refractivity contribution in [3.8, 4) is 11.6 Å². The molecule has 0 amide bonds. The molecule has 0 spiro atoms. The first kappa shape index (κ1) is 13.9. The third-order valence-corrected chi connectivity index (χ3v) is 3.33. The van der Waals surface area contributed by atoms with E-state index in [1.807, 2.05) is 30.3 Å². The van der Waals surface area contributed by atoms with Crippen LogP contribution >= 0.6 is 15.9 Å². The van der Waals surface area contributed by atoms with Gasteiger partial charge in [0, 0.05) is 17.0 Å². The molecule has 0 N–H and O–H groups in total. The second kappa shape index (κ2) is 6.57. The van der Waals surface area contributed by atoms with Crippen LogP contribution in [0.3, 0.4) is 0 Å². The molecule has 2 rings (SSSR count). The molecule has 1 aromatic heterocycles. The van der Waals surface area contributed by atoms with Gasteiger partial charge in [-0.1, -0.05) is 39.7 Å². The van der Waals surface area contributed by atoms with Gasteiger partial charge in [0.2, 0.25) is 5.88 Å². The average Bonchev–Trinajstić information content (AvgIpc) is 2.46. The molecule has 0 atom stereocenters. The molecular weight excluding hydrogens is 306 g/mol. The average molecular weight is 322 g/mol. The number of benzene rings is 1. The van der Waals surface area contributed by atoms with Crippen LogP contribution in [0.1, 0.15) is 16.8 Å². The van der Waals surface area contributed by atoms with Gasteiger partial charge in [-0.25, -0.2) is 4.98 Å². The predicted molar refractivity (Wildman–Crippen MR) is 78.9 cm³/mol. The molecule has 2 aromatic rings. The molecular formula is C15H16BrNO2. The van der Waals surface area contributed by atoms with E-state index in [-0.39, 0.29) is 0 Å². The van der Waals surface area contributed by atoms with Crippen LogP contribution in [0.4, 0.5) is 0 Å². The summed E-state index contributed by atoms with van der Waals surface area (Å²) in [6.07, 6.45) is 0. The van der Waals surface area contributed by atoms with Crippen molar-refractivity contribution in [2.24, 2.45) is 0 Å². The second-order valence-electron chi connectivity index (χ2n) is 4.20. The highest BCUT2D eigenvalue weighted by molar-refractivity contribution is 9.08. The lowest BCUT2D eigenvalue weighted by atomic mass is 10.1. The Morgan fingerprint density at radius 3 is 2.79 bits per heavy atom. The summed E-state index contributed by atoms with van der Waals surface area (Å²) in [5.74, 6) is 1.48. The van der Waals surface area contributed by atoms with Gasteiger partial charge in [-0.3, -0.25) is 0 Å². The quantitative estimate of drug-likeness (QED) is 0.783. The molecule has 0 bridgehead atoms. The van der Waals surface area contributed by atoms with E-state index in [4.69, 9.17) is 9.47 Å². The van der Waals surface area contributed by atoms with Gasteiger partial charge in [0.1, 0.15) is 12.4 Å². The van der Waals surface area contributed by atoms with Crippen LogP contribution in [0.15, 0.2) is 36.4 Å². The molecule has 0 radical (unpaired) electrons. The zero-order valence-electron chi connectivity index (χ0n) is 11.0. The topological polar surface area (TPSA) is 31.4 Å². The maximum atomic E-state index is 5.82. The number of nitrogens with zero attached hydrogens (tertiary/aromatic N) is 1. The number of aromatic nitrogens is 1. The Labute approximate surface area is 121 Å². The van der Waals surface area contributed by atoms with Gasteiger partial charge in [-0.05, 0) is 19.1 Å². The van der Waals surface area contributed by atoms with Crippen molar-refractivity contribution in [1.82, 2.24) is 4.98 Å². The van der Waals surface area contributed by atoms with Crippen LogP contribution in [-0.4, -0.2) is 12.1 Å². The Morgan fingerprint density at radius 1 is 1.21 bits per heavy atom. The van der Waals surface area contributed by atoms with Crippen LogP contribution < -0.4 is 9.47 Å². The minimum Gasteiger partial charge on any atom is -0.487 e. The molecule has 19 heavy (non-hydrogen) atoms. The first-order valence-electron chi connectivity index (χ1n) is 6.01. The molecule has 3 nitrogen and oxygen atoms in total. The Bertz CT molecular complexity index is 558. The van der Waals surface area contributed by atoms with Crippen LogP contribution in [-0.2, 0) is 11.9 Å². The third kappa shape index (κ3) is 3.70. The second-order valence-corrected chi connectivity index (χ2v) is 4.77. The summed E-state index contributed by atoms with van der Waals surface area (Å²) in [5, 5.41) is 0.773. The molecule has 0 saturated carbocycles. The third-order valence-electron chi connectivity index (χ3n) is 2.73. The fourth-order valence-electron chi connectivity index (χ4n) is 1.76. The number of rotatable bonds is 5. The number of ether oxygens (including phenoxy) is 2. The summed E-state index contributed by atoms with van der Waals surface area (Å²) >= 11 is 3.48. The monoisotopic (exact) mass is 321 g/mol. The van der Waals surface area contributed by atoms with Crippen LogP contribution in [0, 0.1) is 6.92 Å². The lowest BCUT2D eigenvalue weighted by Gasteiger charge is -2.11. The zero-order chi connectivity index (χ0) is 13.7. The minimum absolute atomic E-state index is 0.431. The normalized spacial score (nSPS) is 10.3. The van der Waals surface area contributed by atoms with Gasteiger partial charge in [0.25, 0.3) is 0 Å². The Kier molecular flexibility index (Phi) is 4.80. The zero-order valence-corrected chi connectivity index (χ0v) is 12.6. The van der Waals surface area contributed by atoms with E-state index in [1.54, 1.807) is 7.11 Å². The summed E-state index contributed by atoms with van der Waals surface area (Å²) in [4.78, 5) is 4.32. The molecule has 4 heteroatoms. The number of halogens is 1. The number of methoxy groups -OCH3 is 1. The highest BCUT2D eigenvalue weighted by Crippen LogP contribution is 2.23. The van der Waals surface area contributed by atoms with Crippen molar-refractivity contribution in [3.63, 3.8) is 0 Å². The highest BCUT2D eigenvalue weighted by atomic mass is 79.9. The SMILES string of the molecule is COc1cccc(COc2ccc(C)cc2CBr)n1. The van der Waals surface area contributed by atoms with E-state index in [0.717, 1.165) is 22.3 Å². The predicted octanol–water partition coefficient (Wildman–Crippen LogP) is 3.87. The number of alkyl halides is 1. The van der Waals surface area contributed by atoms with Crippen molar-refractivity contribution in [2.75, 3.05) is 7.11 Å². The summed E-state index contributed by atoms with van der Waals surface area (Å²) in [6, 6.07) is 11.8. The van der Waals surface area contributed by atoms with Gasteiger partial charge in [-0.15, -0.1) is 0 Å². The molecule has 0 fully saturated rings. The molecule has 0 aliphatic rings. The highest BCUT2D eigenvalue weighted by Gasteiger charge is 2.04. The van der Waals surface area contributed by atoms with E-state index in [9.17, 15) is 0 Å². The number of aryl methyl sites for hydroxylation is 1. The van der Waals surface area contributed by atoms with E-state index in [2.05, 4.69) is 33.9 Å². The summed E-state index contributed by atoms with van der Waals surface area (Å²) in [7, 11) is 1.61. The molecule has 1 heterocycles. The minimum atomic E-state index is 0.431. The maximum Gasteiger partial charge on any atom is 0.213 e. The first-order valence-corrected chi connectivity index (χ1v) is 7.13. The van der Waals surface area contributed by atoms with E-state index >= 15 is 0 Å². The van der Waals surface area contributed by atoms with Crippen LogP contribution in [0.2, 0.25) is 0 Å². The lowest BCUT2D eigenvalue weighted by Crippen LogP contribution is -2.01. The van der Waals surface area contributed by atoms with Crippen molar-refractivity contribution in [2.45, 2.75) is 18.9 Å². The van der Waals surface area contributed by atoms with Gasteiger partial charge in [0.15, 0.2) is 0 Å². The number of pyridine rings is 1. The van der Waals surface area contributed by atoms with E-state index in [1.165, 1.54) is 5.56 Å². The summed E-state index contributed by atoms with van der Waals surface area (Å²) in [6.45, 7) is 2.50. The van der Waals surface area contributed by atoms with Gasteiger partial charge >= 0.3 is 0 Å². The van der Waals surface area contributed by atoms with Crippen LogP contribution in [0.5, 0.6) is 11.6 Å². The fraction of sp³-hybridized carbons (Fsp3) is 0.267. The molecule has 0 aliphatic carbocycles. The molecule has 0 aliphatic heterocycles. The number of hydrogen-bond acceptors (Lipinski definition) is 3. The lowest BCUT2D eigenvalue weighted by molar-refractivity contribution is 0.296. The summed E-state index contributed by atoms with van der Waals surface area (Å²) in [5.41, 5.74) is 3.21. The molecule has 0 saturated heterocycles. The summed E-state index contributed by atoms with van der Waals surface area (Å²) < 4.78 is 10.9. The molecule has 0 unspecified atom stereocenters. The Hall–Kier alpha value is -1.55. The van der Waals surface area contributed by atoms with Crippen molar-refractivity contribution >= 4 is 15.9 Å². The van der Waals surface area contributed by atoms with Crippen molar-refractivity contribution in [1.29, 1.82) is 0 Å². The van der Waals surface area contributed by atoms with Gasteiger partial charge < -0.3 is 9.47 Å². The smallest absolute Gasteiger partial charge is 0.213 e. The largest absolute Gasteiger partial charge is 0.487 e. The van der Waals surface area contributed by atoms with E-state index < -0.39 is 0 Å². The molecule has 1 aromatic carbocycles. The standard InChI is InChI=1S/C15H16BrNO2/c1-11-6-7-14(12(8-11)9-16)19-10-13-4-3-5-15(17-13)18-2/h3-8H,9-10H2,1-2H3. The number of hydrogen-bond donors (Lipinski definition) is 0. The van der Waals surface area contributed by atoms with Crippen molar-refractivity contribution in [3.05, 3.63) is 53.2 Å². The molecule has 100 valence electrons.